The van der Waals surface area contributed by atoms with Crippen molar-refractivity contribution in [3.8, 4) is 5.75 Å². The number of benzene rings is 1. The highest BCUT2D eigenvalue weighted by molar-refractivity contribution is 7.99. The zero-order valence-corrected chi connectivity index (χ0v) is 19.3. The van der Waals surface area contributed by atoms with Crippen LogP contribution in [0.3, 0.4) is 0 Å². The zero-order valence-electron chi connectivity index (χ0n) is 17.6. The molecule has 0 spiro atoms. The first kappa shape index (κ1) is 20.8. The van der Waals surface area contributed by atoms with Gasteiger partial charge in [0.2, 0.25) is 0 Å². The Hall–Kier alpha value is -2.42. The molecule has 0 aliphatic carbocycles. The van der Waals surface area contributed by atoms with Crippen LogP contribution in [0.4, 0.5) is 0 Å². The first-order chi connectivity index (χ1) is 14.5. The maximum atomic E-state index is 5.75. The molecule has 0 bridgehead atoms. The van der Waals surface area contributed by atoms with Gasteiger partial charge in [0.1, 0.15) is 23.4 Å². The predicted octanol–water partition coefficient (Wildman–Crippen LogP) is 4.95. The number of nitrogens with one attached hydrogen (secondary N) is 1. The second-order valence-electron chi connectivity index (χ2n) is 7.15. The van der Waals surface area contributed by atoms with E-state index in [1.807, 2.05) is 38.1 Å². The standard InChI is InChI=1S/C22H24N4O2S2/c1-12-9-18(15(4)29-12)19-11-28-26-21(23-19)20-13(2)14(3)24-25-22(20)30-17-8-6-7-16(10-17)27-5/h6-10,19H,11H2,1-5H3,(H,23,26)/t19-/m0/s1. The van der Waals surface area contributed by atoms with Gasteiger partial charge in [0.25, 0.3) is 0 Å². The van der Waals surface area contributed by atoms with Crippen LogP contribution in [0.15, 0.2) is 45.2 Å². The number of methoxy groups -OCH3 is 1. The van der Waals surface area contributed by atoms with Crippen molar-refractivity contribution in [1.29, 1.82) is 0 Å². The van der Waals surface area contributed by atoms with Gasteiger partial charge in [-0.2, -0.15) is 5.10 Å². The molecule has 156 valence electrons. The highest BCUT2D eigenvalue weighted by Crippen LogP contribution is 2.35. The maximum absolute atomic E-state index is 5.75. The van der Waals surface area contributed by atoms with E-state index in [1.165, 1.54) is 27.1 Å². The van der Waals surface area contributed by atoms with E-state index < -0.39 is 0 Å². The van der Waals surface area contributed by atoms with Gasteiger partial charge in [0.05, 0.1) is 18.4 Å². The number of ether oxygens (including phenoxy) is 1. The number of thiophene rings is 1. The van der Waals surface area contributed by atoms with Crippen LogP contribution in [0.5, 0.6) is 5.75 Å². The predicted molar refractivity (Wildman–Crippen MR) is 121 cm³/mol. The third-order valence-electron chi connectivity index (χ3n) is 5.05. The molecule has 4 rings (SSSR count). The van der Waals surface area contributed by atoms with E-state index in [9.17, 15) is 0 Å². The lowest BCUT2D eigenvalue weighted by atomic mass is 10.1. The summed E-state index contributed by atoms with van der Waals surface area (Å²) in [5.74, 6) is 1.49. The Labute approximate surface area is 184 Å². The quantitative estimate of drug-likeness (QED) is 0.605. The van der Waals surface area contributed by atoms with Crippen LogP contribution in [0.1, 0.15) is 38.2 Å². The smallest absolute Gasteiger partial charge is 0.156 e. The average Bonchev–Trinajstić information content (AvgIpc) is 3.09. The third-order valence-corrected chi connectivity index (χ3v) is 7.00. The molecule has 3 aromatic rings. The third kappa shape index (κ3) is 4.21. The van der Waals surface area contributed by atoms with Gasteiger partial charge in [-0.25, -0.2) is 5.48 Å². The second kappa shape index (κ2) is 8.75. The van der Waals surface area contributed by atoms with Gasteiger partial charge in [0.15, 0.2) is 5.84 Å². The first-order valence-corrected chi connectivity index (χ1v) is 11.3. The average molecular weight is 441 g/mol. The van der Waals surface area contributed by atoms with Crippen molar-refractivity contribution in [2.24, 2.45) is 4.99 Å². The largest absolute Gasteiger partial charge is 0.497 e. The summed E-state index contributed by atoms with van der Waals surface area (Å²) >= 11 is 3.33. The van der Waals surface area contributed by atoms with Gasteiger partial charge in [-0.05, 0) is 63.1 Å². The Morgan fingerprint density at radius 3 is 2.73 bits per heavy atom. The summed E-state index contributed by atoms with van der Waals surface area (Å²) in [5.41, 5.74) is 7.07. The van der Waals surface area contributed by atoms with E-state index in [4.69, 9.17) is 14.6 Å². The molecule has 1 aliphatic rings. The van der Waals surface area contributed by atoms with Crippen molar-refractivity contribution in [2.75, 3.05) is 13.7 Å². The number of hydroxylamine groups is 1. The van der Waals surface area contributed by atoms with Gasteiger partial charge in [-0.3, -0.25) is 9.83 Å². The van der Waals surface area contributed by atoms with Gasteiger partial charge >= 0.3 is 0 Å². The Kier molecular flexibility index (Phi) is 6.08. The molecule has 0 unspecified atom stereocenters. The van der Waals surface area contributed by atoms with Crippen molar-refractivity contribution < 1.29 is 9.57 Å². The second-order valence-corrected chi connectivity index (χ2v) is 9.67. The molecule has 1 N–H and O–H groups in total. The Morgan fingerprint density at radius 1 is 1.17 bits per heavy atom. The number of hydrogen-bond acceptors (Lipinski definition) is 8. The van der Waals surface area contributed by atoms with Gasteiger partial charge in [-0.1, -0.05) is 17.8 Å². The Balaban J connectivity index is 1.75. The summed E-state index contributed by atoms with van der Waals surface area (Å²) in [6, 6.07) is 10.1. The molecule has 6 nitrogen and oxygen atoms in total. The highest BCUT2D eigenvalue weighted by Gasteiger charge is 2.25. The molecular formula is C22H24N4O2S2. The fraction of sp³-hybridized carbons (Fsp3) is 0.318. The van der Waals surface area contributed by atoms with Crippen LogP contribution in [0, 0.1) is 27.7 Å². The highest BCUT2D eigenvalue weighted by atomic mass is 32.2. The molecule has 2 aromatic heterocycles. The van der Waals surface area contributed by atoms with E-state index in [1.54, 1.807) is 18.4 Å². The lowest BCUT2D eigenvalue weighted by Gasteiger charge is -2.24. The van der Waals surface area contributed by atoms with E-state index in [0.717, 1.165) is 32.5 Å². The number of aryl methyl sites for hydroxylation is 3. The van der Waals surface area contributed by atoms with Gasteiger partial charge < -0.3 is 4.74 Å². The van der Waals surface area contributed by atoms with E-state index >= 15 is 0 Å². The summed E-state index contributed by atoms with van der Waals surface area (Å²) in [6.07, 6.45) is 0. The van der Waals surface area contributed by atoms with Gasteiger partial charge in [0, 0.05) is 14.6 Å². The number of amidine groups is 1. The monoisotopic (exact) mass is 440 g/mol. The molecule has 1 atom stereocenters. The lowest BCUT2D eigenvalue weighted by molar-refractivity contribution is 0.0620. The Morgan fingerprint density at radius 2 is 2.00 bits per heavy atom. The molecule has 0 saturated carbocycles. The maximum Gasteiger partial charge on any atom is 0.156 e. The summed E-state index contributed by atoms with van der Waals surface area (Å²) in [6.45, 7) is 8.76. The molecule has 0 saturated heterocycles. The van der Waals surface area contributed by atoms with Crippen molar-refractivity contribution in [3.05, 3.63) is 62.5 Å². The zero-order chi connectivity index (χ0) is 21.3. The minimum Gasteiger partial charge on any atom is -0.497 e. The van der Waals surface area contributed by atoms with Crippen molar-refractivity contribution >= 4 is 28.9 Å². The molecule has 3 heterocycles. The van der Waals surface area contributed by atoms with Crippen LogP contribution < -0.4 is 10.2 Å². The summed E-state index contributed by atoms with van der Waals surface area (Å²) in [5, 5.41) is 9.60. The summed E-state index contributed by atoms with van der Waals surface area (Å²) in [4.78, 5) is 14.3. The molecule has 8 heteroatoms. The number of nitrogens with zero attached hydrogens (tertiary/aromatic N) is 3. The topological polar surface area (TPSA) is 68.6 Å². The van der Waals surface area contributed by atoms with E-state index in [2.05, 4.69) is 35.6 Å². The molecule has 0 amide bonds. The molecule has 30 heavy (non-hydrogen) atoms. The van der Waals surface area contributed by atoms with Crippen LogP contribution in [-0.2, 0) is 4.84 Å². The normalized spacial score (nSPS) is 16.2. The molecule has 0 fully saturated rings. The fourth-order valence-corrected chi connectivity index (χ4v) is 5.34. The molecule has 0 radical (unpaired) electrons. The van der Waals surface area contributed by atoms with Crippen LogP contribution >= 0.6 is 23.1 Å². The van der Waals surface area contributed by atoms with Crippen LogP contribution in [0.2, 0.25) is 0 Å². The molecule has 1 aliphatic heterocycles. The van der Waals surface area contributed by atoms with Gasteiger partial charge in [-0.15, -0.1) is 16.4 Å². The van der Waals surface area contributed by atoms with E-state index in [0.29, 0.717) is 12.4 Å². The number of hydrogen-bond donors (Lipinski definition) is 1. The molecule has 1 aromatic carbocycles. The lowest BCUT2D eigenvalue weighted by Crippen LogP contribution is -2.34. The first-order valence-electron chi connectivity index (χ1n) is 9.65. The minimum atomic E-state index is -0.0475. The number of aliphatic imine (C=N–C) groups is 1. The number of aromatic nitrogens is 2. The van der Waals surface area contributed by atoms with E-state index in [-0.39, 0.29) is 6.04 Å². The Bertz CT molecular complexity index is 1110. The summed E-state index contributed by atoms with van der Waals surface area (Å²) < 4.78 is 5.35. The molecular weight excluding hydrogens is 416 g/mol. The van der Waals surface area contributed by atoms with Crippen molar-refractivity contribution in [3.63, 3.8) is 0 Å². The fourth-order valence-electron chi connectivity index (χ4n) is 3.38. The summed E-state index contributed by atoms with van der Waals surface area (Å²) in [7, 11) is 1.66. The van der Waals surface area contributed by atoms with Crippen molar-refractivity contribution in [2.45, 2.75) is 43.7 Å². The SMILES string of the molecule is COc1cccc(Sc2nnc(C)c(C)c2C2=N[C@H](c3cc(C)sc3C)CON2)c1. The van der Waals surface area contributed by atoms with Crippen molar-refractivity contribution in [1.82, 2.24) is 15.7 Å². The van der Waals surface area contributed by atoms with Crippen LogP contribution in [0.25, 0.3) is 0 Å². The van der Waals surface area contributed by atoms with Crippen LogP contribution in [-0.4, -0.2) is 29.7 Å². The minimum absolute atomic E-state index is 0.0475. The number of rotatable bonds is 5.